The Hall–Kier alpha value is -2.30. The van der Waals surface area contributed by atoms with Gasteiger partial charge in [0.2, 0.25) is 0 Å². The lowest BCUT2D eigenvalue weighted by Crippen LogP contribution is -2.37. The van der Waals surface area contributed by atoms with Gasteiger partial charge in [0.05, 0.1) is 13.2 Å². The van der Waals surface area contributed by atoms with E-state index in [9.17, 15) is 0 Å². The van der Waals surface area contributed by atoms with Crippen molar-refractivity contribution in [3.63, 3.8) is 0 Å². The number of fused-ring (bicyclic) bond motifs is 4. The summed E-state index contributed by atoms with van der Waals surface area (Å²) >= 11 is 0. The van der Waals surface area contributed by atoms with Crippen LogP contribution >= 0.6 is 0 Å². The van der Waals surface area contributed by atoms with E-state index in [1.807, 2.05) is 13.0 Å². The van der Waals surface area contributed by atoms with Crippen molar-refractivity contribution in [2.24, 2.45) is 0 Å². The number of hydrogen-bond acceptors (Lipinski definition) is 4. The molecule has 0 amide bonds. The first-order valence-corrected chi connectivity index (χ1v) is 11.0. The van der Waals surface area contributed by atoms with Gasteiger partial charge in [0.1, 0.15) is 5.76 Å². The number of para-hydroxylation sites is 1. The van der Waals surface area contributed by atoms with Crippen LogP contribution < -0.4 is 4.74 Å². The second-order valence-corrected chi connectivity index (χ2v) is 8.24. The Labute approximate surface area is 173 Å². The molecule has 4 heteroatoms. The molecule has 0 bridgehead atoms. The second kappa shape index (κ2) is 8.21. The molecule has 5 rings (SSSR count). The summed E-state index contributed by atoms with van der Waals surface area (Å²) in [6, 6.07) is 15.2. The molecule has 0 fully saturated rings. The van der Waals surface area contributed by atoms with Crippen molar-refractivity contribution in [1.29, 1.82) is 0 Å². The standard InChI is InChI=1S/C25H30N2O2/c1-2-28-23-11-5-10-22-21-12-14-27(18-24(21)29-25(22)23)16-15-26-13-6-9-19-7-3-4-8-20(19)17-26/h3-5,7-8,10-11H,2,6,9,12-18H2,1H3. The predicted octanol–water partition coefficient (Wildman–Crippen LogP) is 4.64. The van der Waals surface area contributed by atoms with Crippen LogP contribution in [0.1, 0.15) is 35.8 Å². The highest BCUT2D eigenvalue weighted by atomic mass is 16.5. The first-order chi connectivity index (χ1) is 14.3. The van der Waals surface area contributed by atoms with Crippen LogP contribution in [0.5, 0.6) is 5.75 Å². The van der Waals surface area contributed by atoms with Gasteiger partial charge in [-0.25, -0.2) is 0 Å². The number of aryl methyl sites for hydroxylation is 1. The van der Waals surface area contributed by atoms with Crippen molar-refractivity contribution in [3.05, 3.63) is 64.9 Å². The van der Waals surface area contributed by atoms with Crippen LogP contribution in [0.2, 0.25) is 0 Å². The highest BCUT2D eigenvalue weighted by Crippen LogP contribution is 2.35. The van der Waals surface area contributed by atoms with Crippen molar-refractivity contribution in [1.82, 2.24) is 9.80 Å². The molecule has 4 nitrogen and oxygen atoms in total. The van der Waals surface area contributed by atoms with Crippen molar-refractivity contribution < 1.29 is 9.15 Å². The van der Waals surface area contributed by atoms with E-state index in [4.69, 9.17) is 9.15 Å². The molecule has 2 aromatic carbocycles. The van der Waals surface area contributed by atoms with E-state index in [-0.39, 0.29) is 0 Å². The molecule has 2 aliphatic heterocycles. The zero-order chi connectivity index (χ0) is 19.6. The van der Waals surface area contributed by atoms with Gasteiger partial charge in [-0.3, -0.25) is 9.80 Å². The summed E-state index contributed by atoms with van der Waals surface area (Å²) in [5, 5.41) is 1.23. The first-order valence-electron chi connectivity index (χ1n) is 11.0. The molecule has 2 aliphatic rings. The van der Waals surface area contributed by atoms with Crippen LogP contribution in [0.15, 0.2) is 46.9 Å². The molecular formula is C25H30N2O2. The third kappa shape index (κ3) is 3.79. The Kier molecular flexibility index (Phi) is 5.30. The zero-order valence-corrected chi connectivity index (χ0v) is 17.3. The Morgan fingerprint density at radius 3 is 2.59 bits per heavy atom. The molecule has 0 radical (unpaired) electrons. The third-order valence-electron chi connectivity index (χ3n) is 6.38. The topological polar surface area (TPSA) is 28.9 Å². The SMILES string of the molecule is CCOc1cccc2c3c(oc12)CN(CCN1CCCc2ccccc2C1)CC3. The molecule has 29 heavy (non-hydrogen) atoms. The summed E-state index contributed by atoms with van der Waals surface area (Å²) in [7, 11) is 0. The van der Waals surface area contributed by atoms with E-state index in [0.29, 0.717) is 6.61 Å². The van der Waals surface area contributed by atoms with Crippen LogP contribution in [0.3, 0.4) is 0 Å². The van der Waals surface area contributed by atoms with E-state index >= 15 is 0 Å². The summed E-state index contributed by atoms with van der Waals surface area (Å²) in [4.78, 5) is 5.16. The van der Waals surface area contributed by atoms with Gasteiger partial charge in [0, 0.05) is 37.1 Å². The quantitative estimate of drug-likeness (QED) is 0.635. The summed E-state index contributed by atoms with van der Waals surface area (Å²) in [5.41, 5.74) is 5.34. The molecule has 0 saturated heterocycles. The summed E-state index contributed by atoms with van der Waals surface area (Å²) in [6.45, 7) is 9.17. The third-order valence-corrected chi connectivity index (χ3v) is 6.38. The smallest absolute Gasteiger partial charge is 0.176 e. The lowest BCUT2D eigenvalue weighted by atomic mass is 10.0. The number of nitrogens with zero attached hydrogens (tertiary/aromatic N) is 2. The fourth-order valence-corrected chi connectivity index (χ4v) is 4.85. The summed E-state index contributed by atoms with van der Waals surface area (Å²) < 4.78 is 12.1. The monoisotopic (exact) mass is 390 g/mol. The molecule has 3 aromatic rings. The Bertz CT molecular complexity index is 994. The van der Waals surface area contributed by atoms with Gasteiger partial charge in [-0.15, -0.1) is 0 Å². The molecule has 0 unspecified atom stereocenters. The Morgan fingerprint density at radius 1 is 0.897 bits per heavy atom. The minimum absolute atomic E-state index is 0.662. The van der Waals surface area contributed by atoms with Gasteiger partial charge >= 0.3 is 0 Å². The van der Waals surface area contributed by atoms with E-state index in [1.54, 1.807) is 0 Å². The van der Waals surface area contributed by atoms with E-state index in [1.165, 1.54) is 41.5 Å². The van der Waals surface area contributed by atoms with Crippen molar-refractivity contribution >= 4 is 11.0 Å². The minimum atomic E-state index is 0.662. The average Bonchev–Trinajstić information content (AvgIpc) is 2.98. The molecule has 0 saturated carbocycles. The van der Waals surface area contributed by atoms with Gasteiger partial charge in [-0.1, -0.05) is 36.4 Å². The van der Waals surface area contributed by atoms with Crippen LogP contribution in [-0.4, -0.2) is 42.6 Å². The maximum Gasteiger partial charge on any atom is 0.176 e. The highest BCUT2D eigenvalue weighted by Gasteiger charge is 2.24. The summed E-state index contributed by atoms with van der Waals surface area (Å²) in [5.74, 6) is 1.99. The van der Waals surface area contributed by atoms with E-state index in [2.05, 4.69) is 46.2 Å². The van der Waals surface area contributed by atoms with Crippen molar-refractivity contribution in [3.8, 4) is 5.75 Å². The lowest BCUT2D eigenvalue weighted by molar-refractivity contribution is 0.179. The largest absolute Gasteiger partial charge is 0.490 e. The molecule has 1 aromatic heterocycles. The predicted molar refractivity (Wildman–Crippen MR) is 116 cm³/mol. The zero-order valence-electron chi connectivity index (χ0n) is 17.3. The molecule has 0 aliphatic carbocycles. The number of hydrogen-bond donors (Lipinski definition) is 0. The van der Waals surface area contributed by atoms with Crippen LogP contribution in [0.4, 0.5) is 0 Å². The maximum absolute atomic E-state index is 6.28. The number of benzene rings is 2. The van der Waals surface area contributed by atoms with E-state index < -0.39 is 0 Å². The normalized spacial score (nSPS) is 17.7. The maximum atomic E-state index is 6.28. The average molecular weight is 391 g/mol. The minimum Gasteiger partial charge on any atom is -0.490 e. The molecular weight excluding hydrogens is 360 g/mol. The number of furan rings is 1. The summed E-state index contributed by atoms with van der Waals surface area (Å²) in [6.07, 6.45) is 3.52. The van der Waals surface area contributed by atoms with Crippen LogP contribution in [0, 0.1) is 0 Å². The fraction of sp³-hybridized carbons (Fsp3) is 0.440. The van der Waals surface area contributed by atoms with Gasteiger partial charge in [0.15, 0.2) is 11.3 Å². The Morgan fingerprint density at radius 2 is 1.72 bits per heavy atom. The Balaban J connectivity index is 1.26. The van der Waals surface area contributed by atoms with Gasteiger partial charge in [-0.05, 0) is 49.9 Å². The van der Waals surface area contributed by atoms with Crippen LogP contribution in [0.25, 0.3) is 11.0 Å². The second-order valence-electron chi connectivity index (χ2n) is 8.24. The molecule has 0 N–H and O–H groups in total. The first kappa shape index (κ1) is 18.7. The van der Waals surface area contributed by atoms with Crippen molar-refractivity contribution in [2.75, 3.05) is 32.8 Å². The molecule has 3 heterocycles. The van der Waals surface area contributed by atoms with Crippen LogP contribution in [-0.2, 0) is 25.9 Å². The molecule has 152 valence electrons. The molecule has 0 spiro atoms. The van der Waals surface area contributed by atoms with Gasteiger partial charge in [-0.2, -0.15) is 0 Å². The lowest BCUT2D eigenvalue weighted by Gasteiger charge is -2.29. The highest BCUT2D eigenvalue weighted by molar-refractivity contribution is 5.87. The van der Waals surface area contributed by atoms with E-state index in [0.717, 1.165) is 56.2 Å². The molecule has 0 atom stereocenters. The van der Waals surface area contributed by atoms with Crippen molar-refractivity contribution in [2.45, 2.75) is 39.3 Å². The number of rotatable bonds is 5. The number of ether oxygens (including phenoxy) is 1. The van der Waals surface area contributed by atoms with Gasteiger partial charge < -0.3 is 9.15 Å². The van der Waals surface area contributed by atoms with Gasteiger partial charge in [0.25, 0.3) is 0 Å². The fourth-order valence-electron chi connectivity index (χ4n) is 4.85.